The Morgan fingerprint density at radius 3 is 2.35 bits per heavy atom. The average molecular weight is 346 g/mol. The molecule has 0 spiro atoms. The molecule has 2 N–H and O–H groups in total. The first-order valence-electron chi connectivity index (χ1n) is 8.66. The van der Waals surface area contributed by atoms with Crippen molar-refractivity contribution in [1.29, 1.82) is 0 Å². The van der Waals surface area contributed by atoms with E-state index in [1.165, 1.54) is 18.0 Å². The Kier molecular flexibility index (Phi) is 5.59. The molecule has 0 saturated carbocycles. The summed E-state index contributed by atoms with van der Waals surface area (Å²) in [5, 5.41) is 6.03. The number of amides is 1. The van der Waals surface area contributed by atoms with E-state index in [2.05, 4.69) is 39.7 Å². The largest absolute Gasteiger partial charge is 0.348 e. The second-order valence-corrected chi connectivity index (χ2v) is 6.08. The molecular formula is C21H22N4O. The number of aromatic nitrogens is 2. The van der Waals surface area contributed by atoms with E-state index in [-0.39, 0.29) is 5.91 Å². The van der Waals surface area contributed by atoms with Gasteiger partial charge in [-0.05, 0) is 42.2 Å². The zero-order valence-electron chi connectivity index (χ0n) is 15.0. The first kappa shape index (κ1) is 17.6. The van der Waals surface area contributed by atoms with Crippen LogP contribution in [0.3, 0.4) is 0 Å². The number of carbonyl (C=O) groups is 1. The van der Waals surface area contributed by atoms with Crippen molar-refractivity contribution in [3.8, 4) is 0 Å². The van der Waals surface area contributed by atoms with Crippen LogP contribution in [0.2, 0.25) is 0 Å². The number of anilines is 2. The molecule has 0 bridgehead atoms. The van der Waals surface area contributed by atoms with E-state index in [4.69, 9.17) is 0 Å². The predicted octanol–water partition coefficient (Wildman–Crippen LogP) is 4.02. The summed E-state index contributed by atoms with van der Waals surface area (Å²) in [6.45, 7) is 4.63. The van der Waals surface area contributed by atoms with E-state index in [0.29, 0.717) is 18.1 Å². The van der Waals surface area contributed by atoms with E-state index >= 15 is 0 Å². The molecule has 132 valence electrons. The van der Waals surface area contributed by atoms with Crippen molar-refractivity contribution in [3.63, 3.8) is 0 Å². The van der Waals surface area contributed by atoms with Crippen molar-refractivity contribution in [2.45, 2.75) is 26.8 Å². The second-order valence-electron chi connectivity index (χ2n) is 6.08. The van der Waals surface area contributed by atoms with Crippen molar-refractivity contribution in [3.05, 3.63) is 83.2 Å². The lowest BCUT2D eigenvalue weighted by Gasteiger charge is -2.08. The highest BCUT2D eigenvalue weighted by Crippen LogP contribution is 2.14. The van der Waals surface area contributed by atoms with Crippen LogP contribution < -0.4 is 10.6 Å². The Morgan fingerprint density at radius 1 is 1.00 bits per heavy atom. The third-order valence-corrected chi connectivity index (χ3v) is 4.23. The minimum atomic E-state index is -0.188. The van der Waals surface area contributed by atoms with Crippen LogP contribution in [-0.2, 0) is 13.0 Å². The highest BCUT2D eigenvalue weighted by Gasteiger charge is 2.08. The molecule has 0 fully saturated rings. The second kappa shape index (κ2) is 8.25. The fourth-order valence-corrected chi connectivity index (χ4v) is 2.55. The van der Waals surface area contributed by atoms with E-state index in [1.54, 1.807) is 0 Å². The maximum Gasteiger partial charge on any atom is 0.254 e. The number of carbonyl (C=O) groups excluding carboxylic acids is 1. The van der Waals surface area contributed by atoms with Gasteiger partial charge in [-0.25, -0.2) is 9.97 Å². The minimum Gasteiger partial charge on any atom is -0.348 e. The van der Waals surface area contributed by atoms with Gasteiger partial charge >= 0.3 is 0 Å². The van der Waals surface area contributed by atoms with Gasteiger partial charge in [0.1, 0.15) is 0 Å². The van der Waals surface area contributed by atoms with Crippen LogP contribution in [0.15, 0.2) is 60.9 Å². The molecule has 1 heterocycles. The summed E-state index contributed by atoms with van der Waals surface area (Å²) in [5.74, 6) is 0.275. The summed E-state index contributed by atoms with van der Waals surface area (Å²) in [7, 11) is 0. The normalized spacial score (nSPS) is 10.4. The van der Waals surface area contributed by atoms with Gasteiger partial charge in [0.05, 0.1) is 5.56 Å². The number of rotatable bonds is 6. The lowest BCUT2D eigenvalue weighted by Crippen LogP contribution is -2.23. The van der Waals surface area contributed by atoms with Crippen molar-refractivity contribution in [2.75, 3.05) is 5.32 Å². The Morgan fingerprint density at radius 2 is 1.69 bits per heavy atom. The number of nitrogens with zero attached hydrogens (tertiary/aromatic N) is 2. The molecule has 0 saturated heterocycles. The molecule has 0 atom stereocenters. The first-order valence-corrected chi connectivity index (χ1v) is 8.66. The lowest BCUT2D eigenvalue weighted by molar-refractivity contribution is 0.0950. The number of aryl methyl sites for hydroxylation is 2. The fourth-order valence-electron chi connectivity index (χ4n) is 2.55. The summed E-state index contributed by atoms with van der Waals surface area (Å²) in [4.78, 5) is 20.7. The standard InChI is InChI=1S/C21H22N4O/c1-3-16-8-10-19(11-9-16)25-21-23-13-18(14-24-21)20(26)22-12-17-7-5-4-6-15(17)2/h4-11,13-14H,3,12H2,1-2H3,(H,22,26)(H,23,24,25). The van der Waals surface area contributed by atoms with Gasteiger partial charge in [0.25, 0.3) is 5.91 Å². The molecule has 0 radical (unpaired) electrons. The first-order chi connectivity index (χ1) is 12.7. The van der Waals surface area contributed by atoms with Crippen LogP contribution in [0.4, 0.5) is 11.6 Å². The maximum atomic E-state index is 12.3. The van der Waals surface area contributed by atoms with Gasteiger partial charge in [-0.15, -0.1) is 0 Å². The molecule has 3 rings (SSSR count). The number of hydrogen-bond acceptors (Lipinski definition) is 4. The molecule has 0 aliphatic rings. The predicted molar refractivity (Wildman–Crippen MR) is 103 cm³/mol. The number of hydrogen-bond donors (Lipinski definition) is 2. The average Bonchev–Trinajstić information content (AvgIpc) is 2.68. The molecule has 0 aliphatic carbocycles. The molecular weight excluding hydrogens is 324 g/mol. The van der Waals surface area contributed by atoms with Crippen molar-refractivity contribution >= 4 is 17.5 Å². The van der Waals surface area contributed by atoms with E-state index in [0.717, 1.165) is 23.2 Å². The molecule has 0 aliphatic heterocycles. The zero-order chi connectivity index (χ0) is 18.4. The summed E-state index contributed by atoms with van der Waals surface area (Å²) >= 11 is 0. The smallest absolute Gasteiger partial charge is 0.254 e. The van der Waals surface area contributed by atoms with Gasteiger partial charge < -0.3 is 10.6 Å². The third kappa shape index (κ3) is 4.45. The van der Waals surface area contributed by atoms with Gasteiger partial charge in [-0.2, -0.15) is 0 Å². The summed E-state index contributed by atoms with van der Waals surface area (Å²) < 4.78 is 0. The summed E-state index contributed by atoms with van der Waals surface area (Å²) in [6.07, 6.45) is 4.06. The van der Waals surface area contributed by atoms with Crippen LogP contribution in [0.1, 0.15) is 34.0 Å². The van der Waals surface area contributed by atoms with Gasteiger partial charge in [0.15, 0.2) is 0 Å². The highest BCUT2D eigenvalue weighted by atomic mass is 16.1. The Hall–Kier alpha value is -3.21. The molecule has 1 aromatic heterocycles. The van der Waals surface area contributed by atoms with Crippen LogP contribution in [0.25, 0.3) is 0 Å². The highest BCUT2D eigenvalue weighted by molar-refractivity contribution is 5.93. The van der Waals surface area contributed by atoms with Crippen molar-refractivity contribution in [1.82, 2.24) is 15.3 Å². The van der Waals surface area contributed by atoms with E-state index in [9.17, 15) is 4.79 Å². The molecule has 1 amide bonds. The maximum absolute atomic E-state index is 12.3. The molecule has 2 aromatic carbocycles. The summed E-state index contributed by atoms with van der Waals surface area (Å²) in [5.41, 5.74) is 4.87. The lowest BCUT2D eigenvalue weighted by atomic mass is 10.1. The fraction of sp³-hybridized carbons (Fsp3) is 0.190. The van der Waals surface area contributed by atoms with Gasteiger partial charge in [0, 0.05) is 24.6 Å². The Bertz CT molecular complexity index is 873. The van der Waals surface area contributed by atoms with E-state index < -0.39 is 0 Å². The zero-order valence-corrected chi connectivity index (χ0v) is 15.0. The van der Waals surface area contributed by atoms with Gasteiger partial charge in [0.2, 0.25) is 5.95 Å². The van der Waals surface area contributed by atoms with Crippen LogP contribution in [0.5, 0.6) is 0 Å². The van der Waals surface area contributed by atoms with Gasteiger partial charge in [-0.1, -0.05) is 43.3 Å². The van der Waals surface area contributed by atoms with E-state index in [1.807, 2.05) is 43.3 Å². The quantitative estimate of drug-likeness (QED) is 0.707. The topological polar surface area (TPSA) is 66.9 Å². The number of nitrogens with one attached hydrogen (secondary N) is 2. The third-order valence-electron chi connectivity index (χ3n) is 4.23. The summed E-state index contributed by atoms with van der Waals surface area (Å²) in [6, 6.07) is 16.1. The SMILES string of the molecule is CCc1ccc(Nc2ncc(C(=O)NCc3ccccc3C)cn2)cc1. The molecule has 5 nitrogen and oxygen atoms in total. The number of benzene rings is 2. The van der Waals surface area contributed by atoms with Crippen LogP contribution >= 0.6 is 0 Å². The monoisotopic (exact) mass is 346 g/mol. The Labute approximate surface area is 153 Å². The minimum absolute atomic E-state index is 0.188. The van der Waals surface area contributed by atoms with Crippen LogP contribution in [-0.4, -0.2) is 15.9 Å². The molecule has 0 unspecified atom stereocenters. The van der Waals surface area contributed by atoms with Crippen LogP contribution in [0, 0.1) is 6.92 Å². The van der Waals surface area contributed by atoms with Crippen molar-refractivity contribution < 1.29 is 4.79 Å². The Balaban J connectivity index is 1.59. The van der Waals surface area contributed by atoms with Crippen molar-refractivity contribution in [2.24, 2.45) is 0 Å². The molecule has 3 aromatic rings. The molecule has 26 heavy (non-hydrogen) atoms. The van der Waals surface area contributed by atoms with Gasteiger partial charge in [-0.3, -0.25) is 4.79 Å². The molecule has 5 heteroatoms.